The topological polar surface area (TPSA) is 242 Å². The van der Waals surface area contributed by atoms with Crippen molar-refractivity contribution in [2.45, 2.75) is 156 Å². The lowest BCUT2D eigenvalue weighted by Gasteiger charge is -2.36. The number of thiazole rings is 2. The van der Waals surface area contributed by atoms with Gasteiger partial charge in [-0.25, -0.2) is 19.6 Å². The summed E-state index contributed by atoms with van der Waals surface area (Å²) in [5.74, 6) is -2.73. The summed E-state index contributed by atoms with van der Waals surface area (Å²) in [5.41, 5.74) is 0.667. The predicted octanol–water partition coefficient (Wildman–Crippen LogP) is 9.26. The van der Waals surface area contributed by atoms with Crippen molar-refractivity contribution in [3.05, 3.63) is 117 Å². The Morgan fingerprint density at radius 1 is 0.576 bits per heavy atom. The maximum Gasteiger partial charge on any atom is 0.410 e. The maximum absolute atomic E-state index is 15.0. The highest BCUT2D eigenvalue weighted by molar-refractivity contribution is 7.10. The van der Waals surface area contributed by atoms with Gasteiger partial charge >= 0.3 is 12.2 Å². The second-order valence-electron chi connectivity index (χ2n) is 26.1. The molecule has 0 bridgehead atoms. The van der Waals surface area contributed by atoms with Crippen LogP contribution in [0.25, 0.3) is 22.5 Å². The van der Waals surface area contributed by atoms with Gasteiger partial charge in [0.2, 0.25) is 23.6 Å². The van der Waals surface area contributed by atoms with E-state index >= 15 is 0 Å². The zero-order chi connectivity index (χ0) is 62.5. The summed E-state index contributed by atoms with van der Waals surface area (Å²) in [7, 11) is 2.92. The van der Waals surface area contributed by atoms with E-state index in [1.54, 1.807) is 82.5 Å². The van der Waals surface area contributed by atoms with Gasteiger partial charge in [-0.15, -0.1) is 22.7 Å². The quantitative estimate of drug-likeness (QED) is 0.0723. The standard InChI is InChI=1S/C63H82N10O10S2/c1-37(71(15)59(81)83-63(11,12)13)51(75)69-50(61(5,6)7)57(79)73-33-43(31-47(73)55-67-45(36-85-55)39-24-20-17-21-25-39)65-53(77)41-28-26-40(27-29-41)52(76)64-42-30-46(54-66-44(35-84-54)38-22-18-16-19-23-38)72(32-42)56(78)49(60(2,3)4)68-48(74)34-70(14)58(80)82-62(8,9)10/h16-29,35-37,42-43,46-47,49-50H,30-34H2,1-15H3,(H,64,76)(H,65,77)(H,68,74)(H,69,75)/t37-,42-,43-,46-,47-,49+,50+/m0/s1. The molecule has 0 spiro atoms. The summed E-state index contributed by atoms with van der Waals surface area (Å²) in [5, 5.41) is 17.2. The lowest BCUT2D eigenvalue weighted by Crippen LogP contribution is -2.58. The van der Waals surface area contributed by atoms with E-state index in [1.165, 1.54) is 41.7 Å². The smallest absolute Gasteiger partial charge is 0.410 e. The van der Waals surface area contributed by atoms with Crippen LogP contribution >= 0.6 is 22.7 Å². The molecule has 20 nitrogen and oxygen atoms in total. The lowest BCUT2D eigenvalue weighted by molar-refractivity contribution is -0.141. The number of nitrogens with one attached hydrogen (secondary N) is 4. The number of likely N-dealkylation sites (N-methyl/N-ethyl adjacent to an activating group) is 2. The van der Waals surface area contributed by atoms with Crippen LogP contribution in [0.3, 0.4) is 0 Å². The number of ether oxygens (including phenoxy) is 2. The molecule has 7 rings (SSSR count). The first-order valence-corrected chi connectivity index (χ1v) is 30.3. The molecule has 5 aromatic rings. The van der Waals surface area contributed by atoms with Gasteiger partial charge in [-0.3, -0.25) is 33.7 Å². The Bertz CT molecular complexity index is 3220. The number of benzene rings is 3. The van der Waals surface area contributed by atoms with Crippen LogP contribution in [0.2, 0.25) is 0 Å². The van der Waals surface area contributed by atoms with Crippen LogP contribution in [0.15, 0.2) is 95.7 Å². The van der Waals surface area contributed by atoms with Gasteiger partial charge in [0.25, 0.3) is 11.8 Å². The Hall–Kier alpha value is -7.72. The molecular formula is C63H82N10O10S2. The van der Waals surface area contributed by atoms with E-state index in [0.717, 1.165) is 27.4 Å². The van der Waals surface area contributed by atoms with E-state index in [4.69, 9.17) is 19.4 Å². The van der Waals surface area contributed by atoms with Gasteiger partial charge in [-0.2, -0.15) is 0 Å². The van der Waals surface area contributed by atoms with Crippen LogP contribution in [0, 0.1) is 10.8 Å². The molecule has 2 aliphatic heterocycles. The molecule has 2 saturated heterocycles. The van der Waals surface area contributed by atoms with Gasteiger partial charge in [0.15, 0.2) is 0 Å². The van der Waals surface area contributed by atoms with Gasteiger partial charge < -0.3 is 45.4 Å². The fourth-order valence-corrected chi connectivity index (χ4v) is 11.8. The molecule has 8 amide bonds. The summed E-state index contributed by atoms with van der Waals surface area (Å²) >= 11 is 2.80. The van der Waals surface area contributed by atoms with E-state index < -0.39 is 100 Å². The molecule has 456 valence electrons. The number of hydrogen-bond donors (Lipinski definition) is 4. The number of carbonyl (C=O) groups is 8. The number of aromatic nitrogens is 2. The number of amides is 8. The van der Waals surface area contributed by atoms with Crippen molar-refractivity contribution in [3.8, 4) is 22.5 Å². The Morgan fingerprint density at radius 2 is 0.965 bits per heavy atom. The third-order valence-corrected chi connectivity index (χ3v) is 16.4. The zero-order valence-electron chi connectivity index (χ0n) is 51.4. The third kappa shape index (κ3) is 16.8. The first-order valence-electron chi connectivity index (χ1n) is 28.5. The molecule has 3 aromatic carbocycles. The Morgan fingerprint density at radius 3 is 1.35 bits per heavy atom. The van der Waals surface area contributed by atoms with Crippen molar-refractivity contribution < 1.29 is 47.8 Å². The molecule has 22 heteroatoms. The molecule has 0 unspecified atom stereocenters. The maximum atomic E-state index is 15.0. The molecular weight excluding hydrogens is 1120 g/mol. The number of rotatable bonds is 16. The van der Waals surface area contributed by atoms with Crippen LogP contribution in [0.4, 0.5) is 9.59 Å². The summed E-state index contributed by atoms with van der Waals surface area (Å²) in [6.07, 6.45) is -0.744. The lowest BCUT2D eigenvalue weighted by atomic mass is 9.85. The molecule has 0 saturated carbocycles. The molecule has 2 aromatic heterocycles. The van der Waals surface area contributed by atoms with Gasteiger partial charge in [-0.1, -0.05) is 102 Å². The largest absolute Gasteiger partial charge is 0.444 e. The third-order valence-electron chi connectivity index (χ3n) is 14.5. The second kappa shape index (κ2) is 26.3. The molecule has 0 aliphatic carbocycles. The summed E-state index contributed by atoms with van der Waals surface area (Å²) in [6, 6.07) is 20.2. The monoisotopic (exact) mass is 1200 g/mol. The van der Waals surface area contributed by atoms with Gasteiger partial charge in [0.05, 0.1) is 23.5 Å². The van der Waals surface area contributed by atoms with E-state index in [0.29, 0.717) is 22.9 Å². The molecule has 0 radical (unpaired) electrons. The Kier molecular flexibility index (Phi) is 20.0. The first kappa shape index (κ1) is 64.8. The number of carbonyl (C=O) groups excluding carboxylic acids is 8. The first-order chi connectivity index (χ1) is 39.7. The predicted molar refractivity (Wildman–Crippen MR) is 327 cm³/mol. The number of likely N-dealkylation sites (tertiary alicyclic amines) is 2. The molecule has 4 N–H and O–H groups in total. The van der Waals surface area contributed by atoms with Crippen LogP contribution in [0.1, 0.15) is 146 Å². The fraction of sp³-hybridized carbons (Fsp3) is 0.492. The Labute approximate surface area is 506 Å². The van der Waals surface area contributed by atoms with Crippen LogP contribution in [-0.2, 0) is 28.7 Å². The number of nitrogens with zero attached hydrogens (tertiary/aromatic N) is 6. The van der Waals surface area contributed by atoms with Crippen molar-refractivity contribution in [2.24, 2.45) is 10.8 Å². The van der Waals surface area contributed by atoms with Gasteiger partial charge in [-0.05, 0) is 96.4 Å². The normalized spacial score (nSPS) is 18.3. The average molecular weight is 1200 g/mol. The van der Waals surface area contributed by atoms with Gasteiger partial charge in [0, 0.05) is 72.3 Å². The van der Waals surface area contributed by atoms with Crippen molar-refractivity contribution in [3.63, 3.8) is 0 Å². The van der Waals surface area contributed by atoms with Crippen molar-refractivity contribution in [1.29, 1.82) is 0 Å². The fourth-order valence-electron chi connectivity index (χ4n) is 9.90. The molecule has 85 heavy (non-hydrogen) atoms. The summed E-state index contributed by atoms with van der Waals surface area (Å²) < 4.78 is 10.9. The Balaban J connectivity index is 1.07. The van der Waals surface area contributed by atoms with Crippen LogP contribution in [-0.4, -0.2) is 152 Å². The van der Waals surface area contributed by atoms with Crippen molar-refractivity contribution in [1.82, 2.24) is 50.8 Å². The van der Waals surface area contributed by atoms with E-state index in [9.17, 15) is 38.4 Å². The van der Waals surface area contributed by atoms with Crippen LogP contribution in [0.5, 0.6) is 0 Å². The minimum atomic E-state index is -1.05. The summed E-state index contributed by atoms with van der Waals surface area (Å²) in [4.78, 5) is 127. The highest BCUT2D eigenvalue weighted by atomic mass is 32.1. The van der Waals surface area contributed by atoms with Crippen LogP contribution < -0.4 is 21.3 Å². The van der Waals surface area contributed by atoms with Gasteiger partial charge in [0.1, 0.15) is 45.9 Å². The van der Waals surface area contributed by atoms with E-state index in [-0.39, 0.29) is 42.6 Å². The van der Waals surface area contributed by atoms with E-state index in [1.807, 2.05) is 113 Å². The second-order valence-corrected chi connectivity index (χ2v) is 27.8. The SMILES string of the molecule is C[C@@H](C(=O)N[C@H](C(=O)N1C[C@@H](NC(=O)c2ccc(C(=O)N[C@H]3C[C@@H](c4nc(-c5ccccc5)cs4)N(C(=O)[C@@H](NC(=O)CN(C)C(=O)OC(C)(C)C)C(C)(C)C)C3)cc2)C[C@H]1c1nc(-c2ccccc2)cs1)C(C)(C)C)N(C)C(=O)OC(C)(C)C. The summed E-state index contributed by atoms with van der Waals surface area (Å²) in [6.45, 7) is 22.9. The van der Waals surface area contributed by atoms with E-state index in [2.05, 4.69) is 21.3 Å². The highest BCUT2D eigenvalue weighted by Crippen LogP contribution is 2.40. The molecule has 2 aliphatic rings. The average Bonchev–Trinajstić information content (AvgIpc) is 2.96. The van der Waals surface area contributed by atoms with Crippen molar-refractivity contribution in [2.75, 3.05) is 33.7 Å². The minimum absolute atomic E-state index is 0.0938. The number of hydrogen-bond acceptors (Lipinski definition) is 14. The molecule has 2 fully saturated rings. The minimum Gasteiger partial charge on any atom is -0.444 e. The highest BCUT2D eigenvalue weighted by Gasteiger charge is 2.47. The zero-order valence-corrected chi connectivity index (χ0v) is 53.0. The molecule has 7 atom stereocenters. The molecule has 4 heterocycles. The van der Waals surface area contributed by atoms with Crippen molar-refractivity contribution >= 4 is 70.3 Å².